The Hall–Kier alpha value is -3.41. The summed E-state index contributed by atoms with van der Waals surface area (Å²) < 4.78 is 53.0. The molecule has 0 saturated carbocycles. The van der Waals surface area contributed by atoms with Gasteiger partial charge in [-0.25, -0.2) is 4.39 Å². The number of carbonyl (C=O) groups is 1. The number of halogens is 5. The number of carbonyl (C=O) groups excluding carboxylic acids is 1. The number of benzene rings is 3. The first-order valence-electron chi connectivity index (χ1n) is 11.2. The first-order chi connectivity index (χ1) is 17.1. The molecule has 1 fully saturated rings. The van der Waals surface area contributed by atoms with Gasteiger partial charge in [0.15, 0.2) is 0 Å². The molecule has 0 radical (unpaired) electrons. The lowest BCUT2D eigenvalue weighted by Gasteiger charge is -2.29. The predicted molar refractivity (Wildman–Crippen MR) is 128 cm³/mol. The molecule has 1 amide bonds. The molecule has 1 aliphatic heterocycles. The van der Waals surface area contributed by atoms with Gasteiger partial charge in [0.25, 0.3) is 5.91 Å². The Balaban J connectivity index is 1.59. The number of nitriles is 1. The number of rotatable bonds is 5. The normalized spacial score (nSPS) is 17.9. The molecule has 1 saturated heterocycles. The van der Waals surface area contributed by atoms with E-state index in [-0.39, 0.29) is 24.4 Å². The number of hydrogen-bond acceptors (Lipinski definition) is 3. The molecule has 0 bridgehead atoms. The number of likely N-dealkylation sites (tertiary alicyclic amines) is 1. The molecule has 1 heterocycles. The number of hydrogen-bond donors (Lipinski definition) is 0. The lowest BCUT2D eigenvalue weighted by molar-refractivity contribution is -0.140. The maximum Gasteiger partial charge on any atom is 0.419 e. The van der Waals surface area contributed by atoms with Crippen molar-refractivity contribution in [3.8, 4) is 6.07 Å². The highest BCUT2D eigenvalue weighted by atomic mass is 35.5. The molecule has 4 rings (SSSR count). The largest absolute Gasteiger partial charge is 0.419 e. The van der Waals surface area contributed by atoms with E-state index in [0.717, 1.165) is 17.7 Å². The number of amides is 1. The van der Waals surface area contributed by atoms with Crippen LogP contribution in [0.5, 0.6) is 0 Å². The minimum Gasteiger partial charge on any atom is -0.336 e. The van der Waals surface area contributed by atoms with Gasteiger partial charge in [-0.1, -0.05) is 29.8 Å². The minimum atomic E-state index is -4.76. The van der Waals surface area contributed by atoms with Gasteiger partial charge < -0.3 is 4.90 Å². The zero-order valence-corrected chi connectivity index (χ0v) is 20.0. The van der Waals surface area contributed by atoms with Crippen molar-refractivity contribution in [1.29, 1.82) is 5.26 Å². The average Bonchev–Trinajstić information content (AvgIpc) is 3.29. The SMILES string of the molecule is CN(Cc1ccc(C(F)(F)F)c(F)c1)[C@@H]1CN(C(=O)c2ccc(C#N)cc2)C[C@@H]1c1cccc(Cl)c1. The van der Waals surface area contributed by atoms with E-state index in [1.165, 1.54) is 6.07 Å². The van der Waals surface area contributed by atoms with Gasteiger partial charge in [0.2, 0.25) is 0 Å². The van der Waals surface area contributed by atoms with Crippen LogP contribution < -0.4 is 0 Å². The third-order valence-corrected chi connectivity index (χ3v) is 6.69. The number of alkyl halides is 3. The second-order valence-electron chi connectivity index (χ2n) is 8.86. The summed E-state index contributed by atoms with van der Waals surface area (Å²) in [7, 11) is 1.80. The van der Waals surface area contributed by atoms with Crippen molar-refractivity contribution >= 4 is 17.5 Å². The Labute approximate surface area is 211 Å². The smallest absolute Gasteiger partial charge is 0.336 e. The van der Waals surface area contributed by atoms with Crippen molar-refractivity contribution in [2.75, 3.05) is 20.1 Å². The van der Waals surface area contributed by atoms with Crippen LogP contribution in [0.3, 0.4) is 0 Å². The van der Waals surface area contributed by atoms with Crippen molar-refractivity contribution in [3.05, 3.63) is 105 Å². The van der Waals surface area contributed by atoms with Gasteiger partial charge in [0.1, 0.15) is 5.82 Å². The molecule has 36 heavy (non-hydrogen) atoms. The quantitative estimate of drug-likeness (QED) is 0.385. The Morgan fingerprint density at radius 3 is 2.44 bits per heavy atom. The number of likely N-dealkylation sites (N-methyl/N-ethyl adjacent to an activating group) is 1. The summed E-state index contributed by atoms with van der Waals surface area (Å²) in [6.45, 7) is 0.945. The molecular formula is C27H22ClF4N3O. The standard InChI is InChI=1S/C27H22ClF4N3O/c1-34(14-18-7-10-23(24(29)11-18)27(30,31)32)25-16-35(15-22(25)20-3-2-4-21(28)12-20)26(36)19-8-5-17(13-33)6-9-19/h2-12,22,25H,14-16H2,1H3/t22-,25-/m1/s1. The second kappa shape index (κ2) is 10.3. The van der Waals surface area contributed by atoms with E-state index in [4.69, 9.17) is 16.9 Å². The molecule has 0 spiro atoms. The molecular weight excluding hydrogens is 494 g/mol. The highest BCUT2D eigenvalue weighted by molar-refractivity contribution is 6.30. The molecule has 0 aliphatic carbocycles. The third kappa shape index (κ3) is 5.53. The highest BCUT2D eigenvalue weighted by Gasteiger charge is 2.39. The molecule has 0 aromatic heterocycles. The molecule has 2 atom stereocenters. The molecule has 4 nitrogen and oxygen atoms in total. The summed E-state index contributed by atoms with van der Waals surface area (Å²) in [5.41, 5.74) is 0.918. The van der Waals surface area contributed by atoms with Gasteiger partial charge in [-0.05, 0) is 66.7 Å². The van der Waals surface area contributed by atoms with Crippen LogP contribution in [-0.4, -0.2) is 41.9 Å². The summed E-state index contributed by atoms with van der Waals surface area (Å²) in [4.78, 5) is 16.9. The zero-order valence-electron chi connectivity index (χ0n) is 19.3. The van der Waals surface area contributed by atoms with Crippen molar-refractivity contribution in [2.24, 2.45) is 0 Å². The fourth-order valence-electron chi connectivity index (χ4n) is 4.63. The van der Waals surface area contributed by atoms with Gasteiger partial charge in [-0.2, -0.15) is 18.4 Å². The van der Waals surface area contributed by atoms with Gasteiger partial charge in [-0.15, -0.1) is 0 Å². The van der Waals surface area contributed by atoms with Crippen molar-refractivity contribution < 1.29 is 22.4 Å². The van der Waals surface area contributed by atoms with E-state index in [1.54, 1.807) is 42.3 Å². The van der Waals surface area contributed by atoms with E-state index < -0.39 is 17.6 Å². The highest BCUT2D eigenvalue weighted by Crippen LogP contribution is 2.35. The van der Waals surface area contributed by atoms with Gasteiger partial charge in [0, 0.05) is 42.2 Å². The van der Waals surface area contributed by atoms with Gasteiger partial charge in [-0.3, -0.25) is 9.69 Å². The van der Waals surface area contributed by atoms with Crippen LogP contribution in [0.1, 0.15) is 38.5 Å². The van der Waals surface area contributed by atoms with Gasteiger partial charge in [0.05, 0.1) is 17.2 Å². The maximum atomic E-state index is 14.1. The monoisotopic (exact) mass is 515 g/mol. The lowest BCUT2D eigenvalue weighted by Crippen LogP contribution is -2.38. The topological polar surface area (TPSA) is 47.3 Å². The zero-order chi connectivity index (χ0) is 26.0. The maximum absolute atomic E-state index is 14.1. The Morgan fingerprint density at radius 1 is 1.11 bits per heavy atom. The first-order valence-corrected chi connectivity index (χ1v) is 11.6. The van der Waals surface area contributed by atoms with Crippen LogP contribution in [0.4, 0.5) is 17.6 Å². The van der Waals surface area contributed by atoms with Crippen LogP contribution >= 0.6 is 11.6 Å². The summed E-state index contributed by atoms with van der Waals surface area (Å²) in [5, 5.41) is 9.56. The average molecular weight is 516 g/mol. The minimum absolute atomic E-state index is 0.129. The van der Waals surface area contributed by atoms with Crippen molar-refractivity contribution in [3.63, 3.8) is 0 Å². The Morgan fingerprint density at radius 2 is 1.83 bits per heavy atom. The molecule has 1 aliphatic rings. The molecule has 0 N–H and O–H groups in total. The third-order valence-electron chi connectivity index (χ3n) is 6.45. The van der Waals surface area contributed by atoms with E-state index in [0.29, 0.717) is 34.8 Å². The van der Waals surface area contributed by atoms with Crippen LogP contribution in [-0.2, 0) is 12.7 Å². The van der Waals surface area contributed by atoms with Crippen molar-refractivity contribution in [1.82, 2.24) is 9.80 Å². The molecule has 9 heteroatoms. The summed E-state index contributed by atoms with van der Waals surface area (Å²) in [6.07, 6.45) is -4.76. The molecule has 0 unspecified atom stereocenters. The molecule has 3 aromatic carbocycles. The fraction of sp³-hybridized carbons (Fsp3) is 0.259. The molecule has 3 aromatic rings. The Bertz CT molecular complexity index is 1300. The van der Waals surface area contributed by atoms with Gasteiger partial charge >= 0.3 is 6.18 Å². The van der Waals surface area contributed by atoms with E-state index in [9.17, 15) is 22.4 Å². The fourth-order valence-corrected chi connectivity index (χ4v) is 4.82. The second-order valence-corrected chi connectivity index (χ2v) is 9.29. The summed E-state index contributed by atoms with van der Waals surface area (Å²) in [6, 6.07) is 18.5. The predicted octanol–water partition coefficient (Wildman–Crippen LogP) is 6.11. The van der Waals surface area contributed by atoms with Crippen LogP contribution in [0, 0.1) is 17.1 Å². The summed E-state index contributed by atoms with van der Waals surface area (Å²) in [5.74, 6) is -1.64. The summed E-state index contributed by atoms with van der Waals surface area (Å²) >= 11 is 6.22. The van der Waals surface area contributed by atoms with Crippen molar-refractivity contribution in [2.45, 2.75) is 24.7 Å². The van der Waals surface area contributed by atoms with E-state index >= 15 is 0 Å². The van der Waals surface area contributed by atoms with E-state index in [1.807, 2.05) is 29.2 Å². The Kier molecular flexibility index (Phi) is 7.34. The van der Waals surface area contributed by atoms with Crippen LogP contribution in [0.25, 0.3) is 0 Å². The van der Waals surface area contributed by atoms with E-state index in [2.05, 4.69) is 0 Å². The lowest BCUT2D eigenvalue weighted by atomic mass is 9.93. The number of nitrogens with zero attached hydrogens (tertiary/aromatic N) is 3. The molecule has 186 valence electrons. The first kappa shape index (κ1) is 25.7. The van der Waals surface area contributed by atoms with Crippen LogP contribution in [0.2, 0.25) is 5.02 Å². The van der Waals surface area contributed by atoms with Crippen LogP contribution in [0.15, 0.2) is 66.7 Å².